The summed E-state index contributed by atoms with van der Waals surface area (Å²) in [5, 5.41) is 13.4. The van der Waals surface area contributed by atoms with Gasteiger partial charge in [0.25, 0.3) is 5.91 Å². The van der Waals surface area contributed by atoms with Gasteiger partial charge >= 0.3 is 0 Å². The van der Waals surface area contributed by atoms with E-state index in [4.69, 9.17) is 4.74 Å². The van der Waals surface area contributed by atoms with E-state index in [0.29, 0.717) is 26.1 Å². The Morgan fingerprint density at radius 1 is 1.04 bits per heavy atom. The van der Waals surface area contributed by atoms with E-state index in [0.717, 1.165) is 16.7 Å². The first-order valence-corrected chi connectivity index (χ1v) is 8.35. The maximum Gasteiger partial charge on any atom is 0.252 e. The monoisotopic (exact) mass is 325 g/mol. The van der Waals surface area contributed by atoms with Crippen molar-refractivity contribution < 1.29 is 14.6 Å². The second-order valence-corrected chi connectivity index (χ2v) is 6.33. The molecule has 1 amide bonds. The van der Waals surface area contributed by atoms with Crippen LogP contribution >= 0.6 is 0 Å². The molecule has 3 rings (SSSR count). The van der Waals surface area contributed by atoms with Crippen molar-refractivity contribution in [2.75, 3.05) is 13.2 Å². The molecule has 2 aromatic carbocycles. The standard InChI is InChI=1S/C20H23NO3/c1-15(21-19(22)20(23)11-13-24-14-12-20)16-7-9-18(10-8-16)17-5-3-2-4-6-17/h2-10,15,23H,11-14H2,1H3,(H,21,22)/t15-/m0/s1. The molecular formula is C20H23NO3. The summed E-state index contributed by atoms with van der Waals surface area (Å²) >= 11 is 0. The first kappa shape index (κ1) is 16.7. The lowest BCUT2D eigenvalue weighted by molar-refractivity contribution is -0.150. The van der Waals surface area contributed by atoms with Gasteiger partial charge in [0.05, 0.1) is 6.04 Å². The summed E-state index contributed by atoms with van der Waals surface area (Å²) in [6.45, 7) is 2.77. The molecule has 1 fully saturated rings. The molecule has 4 nitrogen and oxygen atoms in total. The van der Waals surface area contributed by atoms with E-state index >= 15 is 0 Å². The van der Waals surface area contributed by atoms with Gasteiger partial charge in [0.2, 0.25) is 0 Å². The van der Waals surface area contributed by atoms with Gasteiger partial charge in [-0.05, 0) is 23.6 Å². The van der Waals surface area contributed by atoms with Gasteiger partial charge in [-0.1, -0.05) is 54.6 Å². The molecule has 1 aliphatic heterocycles. The molecule has 0 unspecified atom stereocenters. The lowest BCUT2D eigenvalue weighted by atomic mass is 9.92. The Labute approximate surface area is 142 Å². The number of rotatable bonds is 4. The number of benzene rings is 2. The number of amides is 1. The van der Waals surface area contributed by atoms with Crippen LogP contribution in [0.15, 0.2) is 54.6 Å². The number of hydrogen-bond acceptors (Lipinski definition) is 3. The molecule has 0 aromatic heterocycles. The Morgan fingerprint density at radius 2 is 1.62 bits per heavy atom. The van der Waals surface area contributed by atoms with Crippen LogP contribution in [-0.4, -0.2) is 29.8 Å². The molecule has 1 saturated heterocycles. The number of ether oxygens (including phenoxy) is 1. The summed E-state index contributed by atoms with van der Waals surface area (Å²) < 4.78 is 5.22. The molecule has 2 aromatic rings. The quantitative estimate of drug-likeness (QED) is 0.908. The Hall–Kier alpha value is -2.17. The van der Waals surface area contributed by atoms with Crippen molar-refractivity contribution in [3.8, 4) is 11.1 Å². The molecule has 2 N–H and O–H groups in total. The molecule has 126 valence electrons. The minimum atomic E-state index is -1.31. The Bertz CT molecular complexity index is 676. The van der Waals surface area contributed by atoms with Crippen molar-refractivity contribution in [1.82, 2.24) is 5.32 Å². The molecule has 1 atom stereocenters. The van der Waals surface area contributed by atoms with Gasteiger partial charge in [-0.3, -0.25) is 4.79 Å². The van der Waals surface area contributed by atoms with Crippen molar-refractivity contribution in [3.63, 3.8) is 0 Å². The summed E-state index contributed by atoms with van der Waals surface area (Å²) in [7, 11) is 0. The molecule has 4 heteroatoms. The number of nitrogens with one attached hydrogen (secondary N) is 1. The second kappa shape index (κ2) is 7.16. The lowest BCUT2D eigenvalue weighted by Crippen LogP contribution is -2.50. The van der Waals surface area contributed by atoms with E-state index in [1.807, 2.05) is 37.3 Å². The molecule has 24 heavy (non-hydrogen) atoms. The van der Waals surface area contributed by atoms with E-state index in [9.17, 15) is 9.90 Å². The van der Waals surface area contributed by atoms with Crippen LogP contribution in [0.25, 0.3) is 11.1 Å². The zero-order chi connectivity index (χ0) is 17.0. The van der Waals surface area contributed by atoms with Gasteiger partial charge in [-0.25, -0.2) is 0 Å². The van der Waals surface area contributed by atoms with E-state index in [1.54, 1.807) is 0 Å². The first-order valence-electron chi connectivity index (χ1n) is 8.35. The predicted molar refractivity (Wildman–Crippen MR) is 93.4 cm³/mol. The van der Waals surface area contributed by atoms with Crippen LogP contribution in [0.2, 0.25) is 0 Å². The smallest absolute Gasteiger partial charge is 0.252 e. The van der Waals surface area contributed by atoms with Crippen LogP contribution in [0.3, 0.4) is 0 Å². The molecule has 0 aliphatic carbocycles. The Morgan fingerprint density at radius 3 is 2.25 bits per heavy atom. The van der Waals surface area contributed by atoms with Gasteiger partial charge in [0.1, 0.15) is 5.60 Å². The topological polar surface area (TPSA) is 58.6 Å². The maximum atomic E-state index is 12.4. The maximum absolute atomic E-state index is 12.4. The van der Waals surface area contributed by atoms with Crippen molar-refractivity contribution in [2.24, 2.45) is 0 Å². The third-order valence-electron chi connectivity index (χ3n) is 4.61. The number of aliphatic hydroxyl groups is 1. The fourth-order valence-electron chi connectivity index (χ4n) is 2.95. The normalized spacial score (nSPS) is 17.9. The predicted octanol–water partition coefficient (Wildman–Crippen LogP) is 3.07. The summed E-state index contributed by atoms with van der Waals surface area (Å²) in [6, 6.07) is 18.1. The summed E-state index contributed by atoms with van der Waals surface area (Å²) in [5.74, 6) is -0.314. The Balaban J connectivity index is 1.67. The average molecular weight is 325 g/mol. The third-order valence-corrected chi connectivity index (χ3v) is 4.61. The van der Waals surface area contributed by atoms with Crippen LogP contribution in [0, 0.1) is 0 Å². The van der Waals surface area contributed by atoms with Gasteiger partial charge in [-0.2, -0.15) is 0 Å². The van der Waals surface area contributed by atoms with Gasteiger partial charge in [0.15, 0.2) is 0 Å². The molecular weight excluding hydrogens is 302 g/mol. The van der Waals surface area contributed by atoms with E-state index in [1.165, 1.54) is 0 Å². The highest BCUT2D eigenvalue weighted by molar-refractivity contribution is 5.85. The van der Waals surface area contributed by atoms with Crippen LogP contribution in [0.4, 0.5) is 0 Å². The molecule has 0 radical (unpaired) electrons. The highest BCUT2D eigenvalue weighted by Crippen LogP contribution is 2.24. The third kappa shape index (κ3) is 3.66. The van der Waals surface area contributed by atoms with E-state index in [-0.39, 0.29) is 11.9 Å². The van der Waals surface area contributed by atoms with Crippen molar-refractivity contribution in [2.45, 2.75) is 31.4 Å². The van der Waals surface area contributed by atoms with Crippen LogP contribution in [0.5, 0.6) is 0 Å². The van der Waals surface area contributed by atoms with Gasteiger partial charge in [-0.15, -0.1) is 0 Å². The largest absolute Gasteiger partial charge is 0.381 e. The SMILES string of the molecule is C[C@H](NC(=O)C1(O)CCOCC1)c1ccc(-c2ccccc2)cc1. The van der Waals surface area contributed by atoms with Crippen LogP contribution < -0.4 is 5.32 Å². The van der Waals surface area contributed by atoms with Gasteiger partial charge < -0.3 is 15.2 Å². The van der Waals surface area contributed by atoms with Gasteiger partial charge in [0, 0.05) is 26.1 Å². The zero-order valence-electron chi connectivity index (χ0n) is 13.9. The second-order valence-electron chi connectivity index (χ2n) is 6.33. The molecule has 0 saturated carbocycles. The van der Waals surface area contributed by atoms with Crippen LogP contribution in [0.1, 0.15) is 31.4 Å². The number of carbonyl (C=O) groups is 1. The zero-order valence-corrected chi connectivity index (χ0v) is 13.9. The van der Waals surface area contributed by atoms with Crippen molar-refractivity contribution >= 4 is 5.91 Å². The average Bonchev–Trinajstić information content (AvgIpc) is 2.63. The van der Waals surface area contributed by atoms with E-state index < -0.39 is 5.60 Å². The molecule has 0 bridgehead atoms. The summed E-state index contributed by atoms with van der Waals surface area (Å²) in [5.41, 5.74) is 2.01. The number of hydrogen-bond donors (Lipinski definition) is 2. The molecule has 1 aliphatic rings. The minimum absolute atomic E-state index is 0.158. The summed E-state index contributed by atoms with van der Waals surface area (Å²) in [6.07, 6.45) is 0.691. The molecule has 0 spiro atoms. The number of carbonyl (C=O) groups excluding carboxylic acids is 1. The van der Waals surface area contributed by atoms with Crippen LogP contribution in [-0.2, 0) is 9.53 Å². The lowest BCUT2D eigenvalue weighted by Gasteiger charge is -2.31. The fourth-order valence-corrected chi connectivity index (χ4v) is 2.95. The molecule has 1 heterocycles. The van der Waals surface area contributed by atoms with Crippen molar-refractivity contribution in [3.05, 3.63) is 60.2 Å². The van der Waals surface area contributed by atoms with E-state index in [2.05, 4.69) is 29.6 Å². The van der Waals surface area contributed by atoms with Crippen molar-refractivity contribution in [1.29, 1.82) is 0 Å². The minimum Gasteiger partial charge on any atom is -0.381 e. The fraction of sp³-hybridized carbons (Fsp3) is 0.350. The highest BCUT2D eigenvalue weighted by atomic mass is 16.5. The first-order chi connectivity index (χ1) is 11.6. The Kier molecular flexibility index (Phi) is 4.97. The highest BCUT2D eigenvalue weighted by Gasteiger charge is 2.38. The summed E-state index contributed by atoms with van der Waals surface area (Å²) in [4.78, 5) is 12.4.